The molecule has 0 aliphatic carbocycles. The maximum absolute atomic E-state index is 11.8. The third-order valence-corrected chi connectivity index (χ3v) is 4.35. The Kier molecular flexibility index (Phi) is 9.22. The molecule has 0 bridgehead atoms. The molecular weight excluding hydrogens is 408 g/mol. The Morgan fingerprint density at radius 3 is 2.71 bits per heavy atom. The molecule has 31 heavy (non-hydrogen) atoms. The molecule has 2 heterocycles. The number of nitrogens with two attached hydrogens (primary N) is 3. The number of aromatic nitrogens is 4. The minimum absolute atomic E-state index is 0.0638. The molecule has 1 amide bonds. The van der Waals surface area contributed by atoms with Gasteiger partial charge in [-0.05, 0) is 32.1 Å². The highest BCUT2D eigenvalue weighted by Gasteiger charge is 2.20. The van der Waals surface area contributed by atoms with Gasteiger partial charge in [-0.15, -0.1) is 0 Å². The van der Waals surface area contributed by atoms with Crippen LogP contribution in [-0.2, 0) is 16.1 Å². The maximum Gasteiger partial charge on any atom is 0.407 e. The summed E-state index contributed by atoms with van der Waals surface area (Å²) in [6.45, 7) is 1.14. The number of hydrogen-bond acceptors (Lipinski definition) is 9. The van der Waals surface area contributed by atoms with E-state index >= 15 is 0 Å². The summed E-state index contributed by atoms with van der Waals surface area (Å²) in [4.78, 5) is 39.3. The lowest BCUT2D eigenvalue weighted by molar-refractivity contribution is -0.139. The van der Waals surface area contributed by atoms with Crippen LogP contribution in [0.4, 0.5) is 10.6 Å². The molecule has 14 heteroatoms. The number of carbonyl (C=O) groups is 2. The van der Waals surface area contributed by atoms with Gasteiger partial charge in [-0.25, -0.2) is 30.4 Å². The number of amides is 1. The summed E-state index contributed by atoms with van der Waals surface area (Å²) in [6, 6.07) is -1.06. The van der Waals surface area contributed by atoms with E-state index < -0.39 is 18.1 Å². The van der Waals surface area contributed by atoms with Crippen molar-refractivity contribution in [1.29, 1.82) is 0 Å². The second-order valence-corrected chi connectivity index (χ2v) is 6.66. The van der Waals surface area contributed by atoms with E-state index in [4.69, 9.17) is 22.0 Å². The number of fused-ring (bicyclic) bond motifs is 1. The first-order chi connectivity index (χ1) is 14.9. The fourth-order valence-electron chi connectivity index (χ4n) is 2.82. The predicted molar refractivity (Wildman–Crippen MR) is 113 cm³/mol. The Labute approximate surface area is 178 Å². The number of imidazole rings is 1. The number of rotatable bonds is 13. The van der Waals surface area contributed by atoms with Crippen LogP contribution in [-0.4, -0.2) is 61.8 Å². The zero-order chi connectivity index (χ0) is 22.6. The molecule has 2 aromatic heterocycles. The van der Waals surface area contributed by atoms with Gasteiger partial charge < -0.3 is 36.6 Å². The fourth-order valence-corrected chi connectivity index (χ4v) is 2.82. The van der Waals surface area contributed by atoms with Gasteiger partial charge in [0.2, 0.25) is 0 Å². The molecule has 2 rings (SSSR count). The van der Waals surface area contributed by atoms with Crippen molar-refractivity contribution in [2.75, 3.05) is 18.6 Å². The zero-order valence-electron chi connectivity index (χ0n) is 17.0. The number of hydrogen-bond donors (Lipinski definition) is 6. The summed E-state index contributed by atoms with van der Waals surface area (Å²) in [6.07, 6.45) is 5.14. The lowest BCUT2D eigenvalue weighted by Crippen LogP contribution is -2.41. The van der Waals surface area contributed by atoms with Crippen molar-refractivity contribution in [1.82, 2.24) is 24.8 Å². The van der Waals surface area contributed by atoms with Crippen LogP contribution in [0, 0.1) is 0 Å². The standard InChI is InChI=1S/C17H28N10O4/c18-16(19)21-6-4-5-11(15(28)29)25-17(30)31-8-3-1-2-7-27-10-24-12-13(26-20)22-9-23-14(12)27/h9-11H,1-8,20H2,(H,25,30)(H,28,29)(H4,18,19,21)(H,22,23,26)/t11-/m0/s1. The van der Waals surface area contributed by atoms with Crippen LogP contribution in [0.15, 0.2) is 17.6 Å². The second-order valence-electron chi connectivity index (χ2n) is 6.66. The first kappa shape index (κ1) is 23.6. The number of aryl methyl sites for hydroxylation is 1. The highest BCUT2D eigenvalue weighted by molar-refractivity contribution is 5.82. The average Bonchev–Trinajstić information content (AvgIpc) is 3.15. The molecular formula is C17H28N10O4. The Hall–Kier alpha value is -3.68. The van der Waals surface area contributed by atoms with Gasteiger partial charge in [0.1, 0.15) is 12.4 Å². The van der Waals surface area contributed by atoms with Crippen molar-refractivity contribution in [3.05, 3.63) is 12.7 Å². The normalized spacial score (nSPS) is 11.6. The van der Waals surface area contributed by atoms with E-state index in [0.717, 1.165) is 12.8 Å². The molecule has 9 N–H and O–H groups in total. The number of nitrogens with one attached hydrogen (secondary N) is 2. The van der Waals surface area contributed by atoms with E-state index in [1.54, 1.807) is 6.33 Å². The number of nitrogens with zero attached hydrogens (tertiary/aromatic N) is 5. The molecule has 0 spiro atoms. The number of alkyl carbamates (subject to hydrolysis) is 1. The van der Waals surface area contributed by atoms with E-state index in [9.17, 15) is 14.7 Å². The molecule has 2 aromatic rings. The summed E-state index contributed by atoms with van der Waals surface area (Å²) in [5.41, 5.74) is 14.2. The topological polar surface area (TPSA) is 222 Å². The Bertz CT molecular complexity index is 896. The molecule has 14 nitrogen and oxygen atoms in total. The Balaban J connectivity index is 1.65. The predicted octanol–water partition coefficient (Wildman–Crippen LogP) is -0.485. The SMILES string of the molecule is NNc1ncnc2c1ncn2CCCCCOC(=O)N[C@@H](CCCN=C(N)N)C(=O)O. The van der Waals surface area contributed by atoms with Gasteiger partial charge in [0.05, 0.1) is 12.9 Å². The van der Waals surface area contributed by atoms with Crippen LogP contribution >= 0.6 is 0 Å². The number of aliphatic carboxylic acids is 1. The second kappa shape index (κ2) is 12.1. The first-order valence-corrected chi connectivity index (χ1v) is 9.76. The number of guanidine groups is 1. The van der Waals surface area contributed by atoms with E-state index in [1.165, 1.54) is 6.33 Å². The van der Waals surface area contributed by atoms with Crippen molar-refractivity contribution in [3.8, 4) is 0 Å². The van der Waals surface area contributed by atoms with Crippen molar-refractivity contribution < 1.29 is 19.4 Å². The lowest BCUT2D eigenvalue weighted by Gasteiger charge is -2.14. The van der Waals surface area contributed by atoms with Gasteiger partial charge in [0.15, 0.2) is 22.9 Å². The van der Waals surface area contributed by atoms with E-state index in [2.05, 4.69) is 30.7 Å². The summed E-state index contributed by atoms with van der Waals surface area (Å²) in [5.74, 6) is 4.66. The van der Waals surface area contributed by atoms with Crippen molar-refractivity contribution in [2.24, 2.45) is 22.3 Å². The number of aliphatic imine (C=N–C) groups is 1. The Morgan fingerprint density at radius 2 is 2.00 bits per heavy atom. The molecule has 0 unspecified atom stereocenters. The van der Waals surface area contributed by atoms with Gasteiger partial charge in [0.25, 0.3) is 0 Å². The summed E-state index contributed by atoms with van der Waals surface area (Å²) >= 11 is 0. The number of carbonyl (C=O) groups excluding carboxylic acids is 1. The number of anilines is 1. The summed E-state index contributed by atoms with van der Waals surface area (Å²) in [5, 5.41) is 11.5. The number of hydrazine groups is 1. The van der Waals surface area contributed by atoms with Gasteiger partial charge in [0, 0.05) is 13.1 Å². The third kappa shape index (κ3) is 7.58. The molecule has 1 atom stereocenters. The largest absolute Gasteiger partial charge is 0.480 e. The van der Waals surface area contributed by atoms with Gasteiger partial charge >= 0.3 is 12.1 Å². The van der Waals surface area contributed by atoms with Crippen LogP contribution in [0.5, 0.6) is 0 Å². The highest BCUT2D eigenvalue weighted by Crippen LogP contribution is 2.16. The van der Waals surface area contributed by atoms with Crippen molar-refractivity contribution in [2.45, 2.75) is 44.7 Å². The fraction of sp³-hybridized carbons (Fsp3) is 0.529. The van der Waals surface area contributed by atoms with Crippen molar-refractivity contribution in [3.63, 3.8) is 0 Å². The van der Waals surface area contributed by atoms with Crippen molar-refractivity contribution >= 4 is 35.0 Å². The number of carboxylic acid groups (broad SMARTS) is 1. The molecule has 0 aliphatic rings. The third-order valence-electron chi connectivity index (χ3n) is 4.35. The van der Waals surface area contributed by atoms with Crippen LogP contribution in [0.25, 0.3) is 11.2 Å². The molecule has 0 radical (unpaired) electrons. The zero-order valence-corrected chi connectivity index (χ0v) is 17.0. The minimum atomic E-state index is -1.15. The van der Waals surface area contributed by atoms with Gasteiger partial charge in [-0.1, -0.05) is 0 Å². The molecule has 0 saturated heterocycles. The number of carboxylic acids is 1. The van der Waals surface area contributed by atoms with Crippen LogP contribution in [0.2, 0.25) is 0 Å². The number of ether oxygens (including phenoxy) is 1. The van der Waals surface area contributed by atoms with E-state index in [1.807, 2.05) is 4.57 Å². The monoisotopic (exact) mass is 436 g/mol. The molecule has 170 valence electrons. The average molecular weight is 436 g/mol. The summed E-state index contributed by atoms with van der Waals surface area (Å²) < 4.78 is 6.96. The molecule has 0 aromatic carbocycles. The van der Waals surface area contributed by atoms with Crippen LogP contribution in [0.1, 0.15) is 32.1 Å². The van der Waals surface area contributed by atoms with Gasteiger partial charge in [-0.3, -0.25) is 4.99 Å². The summed E-state index contributed by atoms with van der Waals surface area (Å²) in [7, 11) is 0. The quantitative estimate of drug-likeness (QED) is 0.0772. The number of nitrogen functional groups attached to an aromatic ring is 1. The Morgan fingerprint density at radius 1 is 1.19 bits per heavy atom. The van der Waals surface area contributed by atoms with Crippen LogP contribution < -0.4 is 28.1 Å². The van der Waals surface area contributed by atoms with E-state index in [0.29, 0.717) is 36.4 Å². The number of unbranched alkanes of at least 4 members (excludes halogenated alkanes) is 2. The van der Waals surface area contributed by atoms with Gasteiger partial charge in [-0.2, -0.15) is 0 Å². The van der Waals surface area contributed by atoms with E-state index in [-0.39, 0.29) is 25.5 Å². The first-order valence-electron chi connectivity index (χ1n) is 9.76. The lowest BCUT2D eigenvalue weighted by atomic mass is 10.1. The molecule has 0 aliphatic heterocycles. The minimum Gasteiger partial charge on any atom is -0.480 e. The smallest absolute Gasteiger partial charge is 0.407 e. The molecule has 0 fully saturated rings. The maximum atomic E-state index is 11.8. The van der Waals surface area contributed by atoms with Crippen LogP contribution in [0.3, 0.4) is 0 Å². The molecule has 0 saturated carbocycles. The highest BCUT2D eigenvalue weighted by atomic mass is 16.5.